The van der Waals surface area contributed by atoms with Gasteiger partial charge in [0.15, 0.2) is 11.5 Å². The summed E-state index contributed by atoms with van der Waals surface area (Å²) in [5.74, 6) is 0.942. The van der Waals surface area contributed by atoms with Gasteiger partial charge in [-0.1, -0.05) is 47.1 Å². The van der Waals surface area contributed by atoms with Gasteiger partial charge in [0.1, 0.15) is 0 Å². The smallest absolute Gasteiger partial charge is 0.223 e. The molecule has 5 atom stereocenters. The molecule has 0 saturated heterocycles. The normalized spacial score (nSPS) is 15.5. The number of nitrogens with one attached hydrogen (secondary N) is 1. The lowest BCUT2D eigenvalue weighted by molar-refractivity contribution is -0.126. The molecule has 38 heavy (non-hydrogen) atoms. The van der Waals surface area contributed by atoms with Crippen molar-refractivity contribution in [3.63, 3.8) is 0 Å². The van der Waals surface area contributed by atoms with E-state index in [2.05, 4.69) is 33.0 Å². The molecule has 0 aliphatic carbocycles. The van der Waals surface area contributed by atoms with E-state index < -0.39 is 24.0 Å². The molecule has 220 valence electrons. The Kier molecular flexibility index (Phi) is 17.3. The molecule has 1 unspecified atom stereocenters. The molecule has 0 saturated carbocycles. The Morgan fingerprint density at radius 2 is 1.68 bits per heavy atom. The zero-order valence-electron chi connectivity index (χ0n) is 24.7. The number of amides is 1. The van der Waals surface area contributed by atoms with Gasteiger partial charge in [0.2, 0.25) is 5.91 Å². The van der Waals surface area contributed by atoms with Crippen molar-refractivity contribution >= 4 is 5.91 Å². The molecule has 0 bridgehead atoms. The first-order chi connectivity index (χ1) is 18.2. The van der Waals surface area contributed by atoms with Crippen LogP contribution in [0.5, 0.6) is 11.5 Å². The lowest BCUT2D eigenvalue weighted by atomic mass is 9.77. The highest BCUT2D eigenvalue weighted by Crippen LogP contribution is 2.37. The first kappa shape index (κ1) is 34.2. The Bertz CT molecular complexity index is 776. The summed E-state index contributed by atoms with van der Waals surface area (Å²) in [4.78, 5) is 13.1. The summed E-state index contributed by atoms with van der Waals surface area (Å²) in [5.41, 5.74) is 13.0. The number of unbranched alkanes of at least 4 members (excludes halogenated alkanes) is 2. The third-order valence-electron chi connectivity index (χ3n) is 7.33. The number of nitrogens with two attached hydrogens (primary N) is 2. The van der Waals surface area contributed by atoms with Crippen LogP contribution >= 0.6 is 0 Å². The molecule has 1 aromatic rings. The fraction of sp³-hybridized carbons (Fsp3) is 0.767. The van der Waals surface area contributed by atoms with E-state index in [1.165, 1.54) is 0 Å². The standard InChI is InChI=1S/C30H55N3O5/c1-7-8-15-33-30(35)23(5)28(29(34)25(32)19-22(4)21(2)3)24-12-13-26(37-17-10-9-14-31)27(20-24)38-18-11-16-36-6/h12-13,20-23,25,28-29,34H,7-11,14-19,31-32H2,1-6H3,(H,33,35)/t22-,23+,25-,28?,29+/m0/s1. The minimum absolute atomic E-state index is 0.0868. The van der Waals surface area contributed by atoms with E-state index in [1.54, 1.807) is 7.11 Å². The largest absolute Gasteiger partial charge is 0.490 e. The molecule has 6 N–H and O–H groups in total. The lowest BCUT2D eigenvalue weighted by Crippen LogP contribution is -2.45. The molecule has 8 heteroatoms. The summed E-state index contributed by atoms with van der Waals surface area (Å²) in [6, 6.07) is 5.21. The van der Waals surface area contributed by atoms with Crippen molar-refractivity contribution in [3.8, 4) is 11.5 Å². The highest BCUT2D eigenvalue weighted by atomic mass is 16.5. The molecule has 0 radical (unpaired) electrons. The predicted octanol–water partition coefficient (Wildman–Crippen LogP) is 4.23. The van der Waals surface area contributed by atoms with Crippen LogP contribution in [-0.2, 0) is 9.53 Å². The number of rotatable bonds is 21. The van der Waals surface area contributed by atoms with Crippen LogP contribution in [0.25, 0.3) is 0 Å². The van der Waals surface area contributed by atoms with Gasteiger partial charge >= 0.3 is 0 Å². The predicted molar refractivity (Wildman–Crippen MR) is 155 cm³/mol. The third-order valence-corrected chi connectivity index (χ3v) is 7.33. The number of hydrogen-bond acceptors (Lipinski definition) is 7. The van der Waals surface area contributed by atoms with Gasteiger partial charge < -0.3 is 36.1 Å². The maximum Gasteiger partial charge on any atom is 0.223 e. The molecule has 1 rings (SSSR count). The van der Waals surface area contributed by atoms with E-state index in [1.807, 2.05) is 25.1 Å². The molecule has 0 aromatic heterocycles. The van der Waals surface area contributed by atoms with E-state index in [9.17, 15) is 9.90 Å². The molecule has 1 aromatic carbocycles. The van der Waals surface area contributed by atoms with E-state index in [4.69, 9.17) is 25.7 Å². The van der Waals surface area contributed by atoms with Crippen LogP contribution < -0.4 is 26.3 Å². The first-order valence-electron chi connectivity index (χ1n) is 14.5. The average molecular weight is 538 g/mol. The second kappa shape index (κ2) is 19.2. The lowest BCUT2D eigenvalue weighted by Gasteiger charge is -2.34. The second-order valence-corrected chi connectivity index (χ2v) is 10.8. The molecular formula is C30H55N3O5. The molecule has 0 fully saturated rings. The van der Waals surface area contributed by atoms with Crippen LogP contribution in [0.2, 0.25) is 0 Å². The van der Waals surface area contributed by atoms with Crippen molar-refractivity contribution in [3.05, 3.63) is 23.8 Å². The first-order valence-corrected chi connectivity index (χ1v) is 14.5. The van der Waals surface area contributed by atoms with Gasteiger partial charge in [0.25, 0.3) is 0 Å². The minimum atomic E-state index is -0.902. The Morgan fingerprint density at radius 3 is 2.32 bits per heavy atom. The number of carbonyl (C=O) groups excluding carboxylic acids is 1. The van der Waals surface area contributed by atoms with Gasteiger partial charge in [-0.3, -0.25) is 4.79 Å². The number of ether oxygens (including phenoxy) is 3. The van der Waals surface area contributed by atoms with Crippen molar-refractivity contribution in [2.24, 2.45) is 29.2 Å². The maximum absolute atomic E-state index is 13.1. The van der Waals surface area contributed by atoms with E-state index in [-0.39, 0.29) is 5.91 Å². The molecule has 0 aliphatic heterocycles. The van der Waals surface area contributed by atoms with Crippen LogP contribution in [0.15, 0.2) is 18.2 Å². The molecule has 0 heterocycles. The van der Waals surface area contributed by atoms with Crippen molar-refractivity contribution in [1.82, 2.24) is 5.32 Å². The van der Waals surface area contributed by atoms with E-state index in [0.29, 0.717) is 62.7 Å². The molecule has 1 amide bonds. The fourth-order valence-electron chi connectivity index (χ4n) is 4.38. The number of methoxy groups -OCH3 is 1. The number of carbonyl (C=O) groups is 1. The summed E-state index contributed by atoms with van der Waals surface area (Å²) >= 11 is 0. The van der Waals surface area contributed by atoms with Crippen molar-refractivity contribution in [2.45, 2.75) is 91.2 Å². The second-order valence-electron chi connectivity index (χ2n) is 10.8. The highest BCUT2D eigenvalue weighted by Gasteiger charge is 2.36. The van der Waals surface area contributed by atoms with Crippen LogP contribution in [0, 0.1) is 17.8 Å². The number of aliphatic hydroxyl groups excluding tert-OH is 1. The summed E-state index contributed by atoms with van der Waals surface area (Å²) in [5, 5.41) is 14.6. The van der Waals surface area contributed by atoms with E-state index >= 15 is 0 Å². The minimum Gasteiger partial charge on any atom is -0.490 e. The van der Waals surface area contributed by atoms with Gasteiger partial charge in [-0.05, 0) is 61.8 Å². The van der Waals surface area contributed by atoms with Crippen molar-refractivity contribution in [1.29, 1.82) is 0 Å². The maximum atomic E-state index is 13.1. The summed E-state index contributed by atoms with van der Waals surface area (Å²) < 4.78 is 17.3. The number of aliphatic hydroxyl groups is 1. The van der Waals surface area contributed by atoms with Crippen LogP contribution in [-0.4, -0.2) is 63.2 Å². The number of benzene rings is 1. The molecule has 0 spiro atoms. The summed E-state index contributed by atoms with van der Waals surface area (Å²) in [6.07, 6.45) is 4.13. The average Bonchev–Trinajstić information content (AvgIpc) is 2.89. The van der Waals surface area contributed by atoms with Gasteiger partial charge in [0.05, 0.1) is 19.3 Å². The summed E-state index contributed by atoms with van der Waals surface area (Å²) in [7, 11) is 1.66. The van der Waals surface area contributed by atoms with Crippen LogP contribution in [0.3, 0.4) is 0 Å². The Morgan fingerprint density at radius 1 is 1.00 bits per heavy atom. The SMILES string of the molecule is CCCCNC(=O)[C@H](C)C(c1ccc(OCCCCN)c(OCCCOC)c1)[C@H](O)[C@@H](N)C[C@H](C)C(C)C. The highest BCUT2D eigenvalue weighted by molar-refractivity contribution is 5.79. The van der Waals surface area contributed by atoms with Gasteiger partial charge in [0, 0.05) is 44.6 Å². The number of hydrogen-bond donors (Lipinski definition) is 4. The van der Waals surface area contributed by atoms with Gasteiger partial charge in [-0.25, -0.2) is 0 Å². The fourth-order valence-corrected chi connectivity index (χ4v) is 4.38. The molecule has 0 aliphatic rings. The zero-order chi connectivity index (χ0) is 28.5. The summed E-state index contributed by atoms with van der Waals surface area (Å²) in [6.45, 7) is 13.2. The Hall–Kier alpha value is -1.87. The van der Waals surface area contributed by atoms with Crippen molar-refractivity contribution < 1.29 is 24.1 Å². The molecular weight excluding hydrogens is 482 g/mol. The van der Waals surface area contributed by atoms with Gasteiger partial charge in [-0.2, -0.15) is 0 Å². The van der Waals surface area contributed by atoms with Crippen LogP contribution in [0.4, 0.5) is 0 Å². The Labute approximate surface area is 231 Å². The zero-order valence-corrected chi connectivity index (χ0v) is 24.7. The van der Waals surface area contributed by atoms with Crippen molar-refractivity contribution in [2.75, 3.05) is 40.0 Å². The van der Waals surface area contributed by atoms with Crippen LogP contribution in [0.1, 0.15) is 84.6 Å². The third kappa shape index (κ3) is 11.9. The Balaban J connectivity index is 3.32. The van der Waals surface area contributed by atoms with E-state index in [0.717, 1.165) is 37.7 Å². The van der Waals surface area contributed by atoms with Gasteiger partial charge in [-0.15, -0.1) is 0 Å². The quantitative estimate of drug-likeness (QED) is 0.173. The monoisotopic (exact) mass is 537 g/mol. The topological polar surface area (TPSA) is 129 Å². The molecule has 8 nitrogen and oxygen atoms in total.